The molecule has 4 rings (SSSR count). The minimum atomic E-state index is -0.0736. The lowest BCUT2D eigenvalue weighted by Gasteiger charge is -2.32. The van der Waals surface area contributed by atoms with Crippen LogP contribution in [0, 0.1) is 19.8 Å². The maximum Gasteiger partial charge on any atom is 0.229 e. The molecule has 1 amide bonds. The number of para-hydroxylation sites is 1. The van der Waals surface area contributed by atoms with Crippen molar-refractivity contribution in [3.05, 3.63) is 70.7 Å². The number of halogens is 1. The summed E-state index contributed by atoms with van der Waals surface area (Å²) in [5.41, 5.74) is 4.87. The molecule has 1 aliphatic heterocycles. The quantitative estimate of drug-likeness (QED) is 0.624. The highest BCUT2D eigenvalue weighted by Crippen LogP contribution is 2.26. The van der Waals surface area contributed by atoms with Crippen molar-refractivity contribution in [2.24, 2.45) is 5.92 Å². The number of aryl methyl sites for hydroxylation is 2. The fourth-order valence-corrected chi connectivity index (χ4v) is 4.03. The van der Waals surface area contributed by atoms with Crippen LogP contribution in [0.5, 0.6) is 0 Å². The third-order valence-corrected chi connectivity index (χ3v) is 5.89. The standard InChI is InChI=1S/C24H25ClN4O/c1-16-5-3-6-17(2)23(16)26-24(30)19-7-4-14-29(15-19)22-13-12-21(27-28-22)18-8-10-20(25)11-9-18/h3,5-6,8-13,19H,4,7,14-15H2,1-2H3,(H,26,30). The van der Waals surface area contributed by atoms with E-state index in [1.54, 1.807) is 0 Å². The van der Waals surface area contributed by atoms with E-state index < -0.39 is 0 Å². The van der Waals surface area contributed by atoms with E-state index in [1.165, 1.54) is 0 Å². The highest BCUT2D eigenvalue weighted by Gasteiger charge is 2.27. The largest absolute Gasteiger partial charge is 0.354 e. The average molecular weight is 421 g/mol. The first-order chi connectivity index (χ1) is 14.5. The number of nitrogens with zero attached hydrogens (tertiary/aromatic N) is 3. The van der Waals surface area contributed by atoms with Crippen molar-refractivity contribution in [3.8, 4) is 11.3 Å². The van der Waals surface area contributed by atoms with E-state index >= 15 is 0 Å². The second kappa shape index (κ2) is 8.84. The molecule has 6 heteroatoms. The Morgan fingerprint density at radius 3 is 2.43 bits per heavy atom. The lowest BCUT2D eigenvalue weighted by Crippen LogP contribution is -2.41. The van der Waals surface area contributed by atoms with E-state index in [9.17, 15) is 4.79 Å². The molecule has 1 aliphatic rings. The van der Waals surface area contributed by atoms with Crippen molar-refractivity contribution in [1.29, 1.82) is 0 Å². The van der Waals surface area contributed by atoms with Crippen molar-refractivity contribution in [3.63, 3.8) is 0 Å². The van der Waals surface area contributed by atoms with E-state index in [1.807, 2.05) is 68.4 Å². The third-order valence-electron chi connectivity index (χ3n) is 5.64. The van der Waals surface area contributed by atoms with Crippen LogP contribution in [0.15, 0.2) is 54.6 Å². The number of anilines is 2. The van der Waals surface area contributed by atoms with Gasteiger partial charge in [0.15, 0.2) is 5.82 Å². The van der Waals surface area contributed by atoms with Gasteiger partial charge in [0.05, 0.1) is 11.6 Å². The fourth-order valence-electron chi connectivity index (χ4n) is 3.90. The number of hydrogen-bond acceptors (Lipinski definition) is 4. The molecule has 1 saturated heterocycles. The average Bonchev–Trinajstić information content (AvgIpc) is 2.77. The first kappa shape index (κ1) is 20.4. The number of aromatic nitrogens is 2. The van der Waals surface area contributed by atoms with Crippen molar-refractivity contribution in [1.82, 2.24) is 10.2 Å². The van der Waals surface area contributed by atoms with Crippen LogP contribution < -0.4 is 10.2 Å². The van der Waals surface area contributed by atoms with Crippen molar-refractivity contribution < 1.29 is 4.79 Å². The normalized spacial score (nSPS) is 16.4. The summed E-state index contributed by atoms with van der Waals surface area (Å²) in [7, 11) is 0. The molecule has 30 heavy (non-hydrogen) atoms. The molecule has 154 valence electrons. The second-order valence-corrected chi connectivity index (χ2v) is 8.26. The smallest absolute Gasteiger partial charge is 0.229 e. The predicted molar refractivity (Wildman–Crippen MR) is 122 cm³/mol. The van der Waals surface area contributed by atoms with E-state index in [0.717, 1.165) is 53.3 Å². The molecular weight excluding hydrogens is 396 g/mol. The molecule has 5 nitrogen and oxygen atoms in total. The van der Waals surface area contributed by atoms with Crippen molar-refractivity contribution in [2.75, 3.05) is 23.3 Å². The van der Waals surface area contributed by atoms with Crippen LogP contribution in [0.1, 0.15) is 24.0 Å². The molecule has 2 heterocycles. The number of carbonyl (C=O) groups is 1. The molecule has 1 atom stereocenters. The number of hydrogen-bond donors (Lipinski definition) is 1. The summed E-state index contributed by atoms with van der Waals surface area (Å²) < 4.78 is 0. The first-order valence-electron chi connectivity index (χ1n) is 10.2. The maximum absolute atomic E-state index is 12.9. The zero-order valence-electron chi connectivity index (χ0n) is 17.2. The molecule has 1 unspecified atom stereocenters. The summed E-state index contributed by atoms with van der Waals surface area (Å²) in [5, 5.41) is 12.6. The molecule has 3 aromatic rings. The fraction of sp³-hybridized carbons (Fsp3) is 0.292. The number of piperidine rings is 1. The van der Waals surface area contributed by atoms with Gasteiger partial charge in [-0.1, -0.05) is 41.9 Å². The Labute approximate surface area is 182 Å². The zero-order chi connectivity index (χ0) is 21.1. The van der Waals surface area contributed by atoms with Crippen LogP contribution in [-0.2, 0) is 4.79 Å². The number of amides is 1. The lowest BCUT2D eigenvalue weighted by atomic mass is 9.96. The van der Waals surface area contributed by atoms with Gasteiger partial charge >= 0.3 is 0 Å². The molecule has 1 fully saturated rings. The van der Waals surface area contributed by atoms with Crippen molar-refractivity contribution >= 4 is 29.0 Å². The predicted octanol–water partition coefficient (Wildman–Crippen LogP) is 5.27. The number of nitrogens with one attached hydrogen (secondary N) is 1. The van der Waals surface area contributed by atoms with Gasteiger partial charge in [-0.25, -0.2) is 0 Å². The van der Waals surface area contributed by atoms with Gasteiger partial charge in [0, 0.05) is 29.4 Å². The first-order valence-corrected chi connectivity index (χ1v) is 10.6. The molecule has 2 aromatic carbocycles. The highest BCUT2D eigenvalue weighted by atomic mass is 35.5. The number of benzene rings is 2. The minimum Gasteiger partial charge on any atom is -0.354 e. The molecule has 0 radical (unpaired) electrons. The molecule has 1 N–H and O–H groups in total. The van der Waals surface area contributed by atoms with E-state index in [4.69, 9.17) is 11.6 Å². The molecule has 0 aliphatic carbocycles. The molecule has 0 spiro atoms. The number of carbonyl (C=O) groups excluding carboxylic acids is 1. The van der Waals surface area contributed by atoms with E-state index in [-0.39, 0.29) is 11.8 Å². The zero-order valence-corrected chi connectivity index (χ0v) is 18.0. The summed E-state index contributed by atoms with van der Waals surface area (Å²) in [6, 6.07) is 17.5. The third kappa shape index (κ3) is 4.46. The van der Waals surface area contributed by atoms with Gasteiger partial charge in [-0.3, -0.25) is 4.79 Å². The van der Waals surface area contributed by atoms with Gasteiger partial charge in [0.2, 0.25) is 5.91 Å². The van der Waals surface area contributed by atoms with Crippen LogP contribution in [0.25, 0.3) is 11.3 Å². The highest BCUT2D eigenvalue weighted by molar-refractivity contribution is 6.30. The minimum absolute atomic E-state index is 0.0721. The van der Waals surface area contributed by atoms with Crippen LogP contribution in [-0.4, -0.2) is 29.2 Å². The summed E-state index contributed by atoms with van der Waals surface area (Å²) in [6.45, 7) is 5.56. The number of rotatable bonds is 4. The summed E-state index contributed by atoms with van der Waals surface area (Å²) in [4.78, 5) is 15.1. The van der Waals surface area contributed by atoms with Gasteiger partial charge in [-0.05, 0) is 62.1 Å². The summed E-state index contributed by atoms with van der Waals surface area (Å²) in [6.07, 6.45) is 1.83. The topological polar surface area (TPSA) is 58.1 Å². The lowest BCUT2D eigenvalue weighted by molar-refractivity contribution is -0.120. The summed E-state index contributed by atoms with van der Waals surface area (Å²) >= 11 is 5.96. The van der Waals surface area contributed by atoms with Crippen molar-refractivity contribution in [2.45, 2.75) is 26.7 Å². The van der Waals surface area contributed by atoms with E-state index in [0.29, 0.717) is 11.6 Å². The Kier molecular flexibility index (Phi) is 6.00. The Morgan fingerprint density at radius 1 is 1.03 bits per heavy atom. The van der Waals surface area contributed by atoms with Crippen LogP contribution in [0.2, 0.25) is 5.02 Å². The van der Waals surface area contributed by atoms with Crippen LogP contribution in [0.4, 0.5) is 11.5 Å². The SMILES string of the molecule is Cc1cccc(C)c1NC(=O)C1CCCN(c2ccc(-c3ccc(Cl)cc3)nn2)C1. The Bertz CT molecular complexity index is 1010. The summed E-state index contributed by atoms with van der Waals surface area (Å²) in [5.74, 6) is 0.802. The van der Waals surface area contributed by atoms with Crippen LogP contribution in [0.3, 0.4) is 0 Å². The van der Waals surface area contributed by atoms with Gasteiger partial charge in [-0.15, -0.1) is 10.2 Å². The Morgan fingerprint density at radius 2 is 1.77 bits per heavy atom. The van der Waals surface area contributed by atoms with Gasteiger partial charge in [-0.2, -0.15) is 0 Å². The van der Waals surface area contributed by atoms with Gasteiger partial charge in [0.1, 0.15) is 0 Å². The molecular formula is C24H25ClN4O. The monoisotopic (exact) mass is 420 g/mol. The maximum atomic E-state index is 12.9. The van der Waals surface area contributed by atoms with E-state index in [2.05, 4.69) is 20.4 Å². The van der Waals surface area contributed by atoms with Gasteiger partial charge in [0.25, 0.3) is 0 Å². The Hall–Kier alpha value is -2.92. The molecule has 0 saturated carbocycles. The van der Waals surface area contributed by atoms with Gasteiger partial charge < -0.3 is 10.2 Å². The Balaban J connectivity index is 1.44. The molecule has 1 aromatic heterocycles. The second-order valence-electron chi connectivity index (χ2n) is 7.82. The van der Waals surface area contributed by atoms with Crippen LogP contribution >= 0.6 is 11.6 Å². The molecule has 0 bridgehead atoms.